The zero-order chi connectivity index (χ0) is 34.0. The first-order valence-corrected chi connectivity index (χ1v) is 17.4. The summed E-state index contributed by atoms with van der Waals surface area (Å²) in [5.41, 5.74) is -0.569. The summed E-state index contributed by atoms with van der Waals surface area (Å²) in [6.45, 7) is -0.681. The number of hydrogen-bond acceptors (Lipinski definition) is 14. The van der Waals surface area contributed by atoms with E-state index in [1.807, 2.05) is 0 Å². The lowest BCUT2D eigenvalue weighted by Crippen LogP contribution is -2.48. The average Bonchev–Trinajstić information content (AvgIpc) is 2.85. The van der Waals surface area contributed by atoms with Crippen molar-refractivity contribution in [3.8, 4) is 23.0 Å². The Morgan fingerprint density at radius 3 is 1.71 bits per heavy atom. The van der Waals surface area contributed by atoms with Crippen LogP contribution < -0.4 is 16.7 Å². The Kier molecular flexibility index (Phi) is 10.5. The van der Waals surface area contributed by atoms with E-state index >= 15 is 0 Å². The molecule has 0 spiro atoms. The molecule has 0 radical (unpaired) electrons. The summed E-state index contributed by atoms with van der Waals surface area (Å²) in [7, 11) is -20.3. The number of aliphatic carboxylic acids is 1. The maximum atomic E-state index is 13.1. The predicted molar refractivity (Wildman–Crippen MR) is 145 cm³/mol. The third-order valence-corrected chi connectivity index (χ3v) is 7.53. The highest BCUT2D eigenvalue weighted by molar-refractivity contribution is 7.82. The third kappa shape index (κ3) is 11.0. The standard InChI is InChI=1S/C21H23NO19S4/c23-20(4-2-1-3-12-9-13(38-42(26,27)28)5-6-17(12)39-43(29,30)31)22-11-15-14(10-16(22)21(24)25)18(40-44(32,33)34)7-8-19(15)41-45(35,36)37/h5-9,16H,1-4,10-11H2,(H,24,25)(H,26,27,28)(H,29,30,31)(H,32,33,34)(H,35,36,37). The van der Waals surface area contributed by atoms with E-state index in [0.717, 1.165) is 35.2 Å². The summed E-state index contributed by atoms with van der Waals surface area (Å²) < 4.78 is 144. The van der Waals surface area contributed by atoms with Crippen LogP contribution >= 0.6 is 0 Å². The van der Waals surface area contributed by atoms with Gasteiger partial charge in [-0.3, -0.25) is 23.0 Å². The fourth-order valence-electron chi connectivity index (χ4n) is 4.35. The predicted octanol–water partition coefficient (Wildman–Crippen LogP) is 0.164. The van der Waals surface area contributed by atoms with E-state index in [0.29, 0.717) is 0 Å². The number of aryl methyl sites for hydroxylation is 1. The molecular weight excluding hydrogens is 698 g/mol. The van der Waals surface area contributed by atoms with E-state index in [4.69, 9.17) is 18.2 Å². The zero-order valence-corrected chi connectivity index (χ0v) is 25.5. The summed E-state index contributed by atoms with van der Waals surface area (Å²) in [5.74, 6) is -4.48. The first-order chi connectivity index (χ1) is 20.5. The number of carboxylic acids is 1. The largest absolute Gasteiger partial charge is 0.480 e. The van der Waals surface area contributed by atoms with Gasteiger partial charge in [0.2, 0.25) is 5.91 Å². The van der Waals surface area contributed by atoms with Crippen molar-refractivity contribution in [3.63, 3.8) is 0 Å². The number of nitrogens with zero attached hydrogens (tertiary/aromatic N) is 1. The number of amides is 1. The van der Waals surface area contributed by atoms with Crippen molar-refractivity contribution in [2.75, 3.05) is 0 Å². The van der Waals surface area contributed by atoms with Gasteiger partial charge < -0.3 is 26.7 Å². The molecule has 1 amide bonds. The van der Waals surface area contributed by atoms with Crippen LogP contribution in [0.25, 0.3) is 0 Å². The Morgan fingerprint density at radius 2 is 1.20 bits per heavy atom. The molecule has 0 saturated carbocycles. The van der Waals surface area contributed by atoms with Gasteiger partial charge in [0.1, 0.15) is 23.3 Å². The molecule has 1 aliphatic rings. The average molecular weight is 722 g/mol. The van der Waals surface area contributed by atoms with Crippen LogP contribution in [-0.2, 0) is 70.6 Å². The zero-order valence-electron chi connectivity index (χ0n) is 22.2. The molecule has 0 aromatic heterocycles. The molecule has 0 saturated heterocycles. The second-order valence-electron chi connectivity index (χ2n) is 9.12. The summed E-state index contributed by atoms with van der Waals surface area (Å²) in [6, 6.07) is 2.82. The van der Waals surface area contributed by atoms with E-state index < -0.39 is 95.5 Å². The number of carboxylic acid groups (broad SMARTS) is 1. The monoisotopic (exact) mass is 721 g/mol. The van der Waals surface area contributed by atoms with Gasteiger partial charge in [-0.05, 0) is 55.2 Å². The second-order valence-corrected chi connectivity index (χ2v) is 13.2. The van der Waals surface area contributed by atoms with Gasteiger partial charge in [0.25, 0.3) is 0 Å². The van der Waals surface area contributed by atoms with E-state index in [-0.39, 0.29) is 42.4 Å². The first kappa shape index (κ1) is 35.7. The Bertz CT molecular complexity index is 1920. The van der Waals surface area contributed by atoms with Crippen molar-refractivity contribution in [1.29, 1.82) is 0 Å². The molecule has 0 bridgehead atoms. The van der Waals surface area contributed by atoms with Gasteiger partial charge in [0.15, 0.2) is 5.75 Å². The minimum absolute atomic E-state index is 0.0243. The van der Waals surface area contributed by atoms with Crippen LogP contribution in [0.5, 0.6) is 23.0 Å². The molecule has 1 heterocycles. The minimum atomic E-state index is -5.15. The fourth-order valence-corrected chi connectivity index (χ4v) is 5.85. The lowest BCUT2D eigenvalue weighted by atomic mass is 9.92. The summed E-state index contributed by atoms with van der Waals surface area (Å²) in [6.07, 6.45) is -1.14. The van der Waals surface area contributed by atoms with Gasteiger partial charge in [0, 0.05) is 24.0 Å². The Balaban J connectivity index is 1.84. The molecule has 0 aliphatic carbocycles. The highest BCUT2D eigenvalue weighted by Gasteiger charge is 2.38. The van der Waals surface area contributed by atoms with Crippen LogP contribution in [-0.4, -0.2) is 79.8 Å². The van der Waals surface area contributed by atoms with Crippen molar-refractivity contribution in [2.45, 2.75) is 44.7 Å². The molecule has 3 rings (SSSR count). The quantitative estimate of drug-likeness (QED) is 0.128. The maximum Gasteiger partial charge on any atom is 0.446 e. The smallest absolute Gasteiger partial charge is 0.446 e. The Labute approximate surface area is 255 Å². The molecule has 1 unspecified atom stereocenters. The van der Waals surface area contributed by atoms with Crippen LogP contribution in [0, 0.1) is 0 Å². The molecule has 45 heavy (non-hydrogen) atoms. The van der Waals surface area contributed by atoms with Crippen molar-refractivity contribution in [3.05, 3.63) is 47.0 Å². The Morgan fingerprint density at radius 1 is 0.711 bits per heavy atom. The molecule has 2 aromatic rings. The van der Waals surface area contributed by atoms with Crippen LogP contribution in [0.2, 0.25) is 0 Å². The Hall–Kier alpha value is -3.78. The topological polar surface area (TPSA) is 312 Å². The molecule has 1 atom stereocenters. The molecule has 24 heteroatoms. The molecule has 0 fully saturated rings. The second kappa shape index (κ2) is 13.3. The van der Waals surface area contributed by atoms with E-state index in [1.54, 1.807) is 0 Å². The highest BCUT2D eigenvalue weighted by Crippen LogP contribution is 2.38. The molecule has 250 valence electrons. The van der Waals surface area contributed by atoms with Crippen molar-refractivity contribution in [2.24, 2.45) is 0 Å². The molecule has 5 N–H and O–H groups in total. The summed E-state index contributed by atoms with van der Waals surface area (Å²) in [5, 5.41) is 9.79. The third-order valence-electron chi connectivity index (χ3n) is 5.96. The van der Waals surface area contributed by atoms with Gasteiger partial charge in [-0.15, -0.1) is 0 Å². The van der Waals surface area contributed by atoms with Gasteiger partial charge in [-0.1, -0.05) is 0 Å². The van der Waals surface area contributed by atoms with Gasteiger partial charge >= 0.3 is 47.6 Å². The van der Waals surface area contributed by atoms with Gasteiger partial charge in [0.05, 0.1) is 6.54 Å². The summed E-state index contributed by atoms with van der Waals surface area (Å²) >= 11 is 0. The van der Waals surface area contributed by atoms with Crippen LogP contribution in [0.15, 0.2) is 30.3 Å². The van der Waals surface area contributed by atoms with E-state index in [2.05, 4.69) is 16.7 Å². The lowest BCUT2D eigenvalue weighted by molar-refractivity contribution is -0.151. The lowest BCUT2D eigenvalue weighted by Gasteiger charge is -2.35. The van der Waals surface area contributed by atoms with E-state index in [9.17, 15) is 48.4 Å². The SMILES string of the molecule is O=C(O)C1Cc2c(OS(=O)(=O)O)ccc(OS(=O)(=O)O)c2CN1C(=O)CCCCc1cc(OS(=O)(=O)O)ccc1OS(=O)(=O)O. The minimum Gasteiger partial charge on any atom is -0.480 e. The number of benzene rings is 2. The van der Waals surface area contributed by atoms with E-state index in [1.165, 1.54) is 0 Å². The molecule has 2 aromatic carbocycles. The van der Waals surface area contributed by atoms with Gasteiger partial charge in [-0.2, -0.15) is 33.7 Å². The highest BCUT2D eigenvalue weighted by atomic mass is 32.3. The number of unbranched alkanes of at least 4 members (excludes halogenated alkanes) is 1. The maximum absolute atomic E-state index is 13.1. The van der Waals surface area contributed by atoms with Gasteiger partial charge in [-0.25, -0.2) is 4.79 Å². The first-order valence-electron chi connectivity index (χ1n) is 12.0. The number of rotatable bonds is 14. The van der Waals surface area contributed by atoms with Crippen molar-refractivity contribution >= 4 is 53.5 Å². The number of carbonyl (C=O) groups excluding carboxylic acids is 1. The van der Waals surface area contributed by atoms with Crippen LogP contribution in [0.4, 0.5) is 0 Å². The molecular formula is C21H23NO19S4. The molecule has 1 aliphatic heterocycles. The number of fused-ring (bicyclic) bond motifs is 1. The fraction of sp³-hybridized carbons (Fsp3) is 0.333. The summed E-state index contributed by atoms with van der Waals surface area (Å²) in [4.78, 5) is 26.0. The number of carbonyl (C=O) groups is 2. The number of hydrogen-bond donors (Lipinski definition) is 5. The molecule has 20 nitrogen and oxygen atoms in total. The van der Waals surface area contributed by atoms with Crippen molar-refractivity contribution in [1.82, 2.24) is 4.90 Å². The van der Waals surface area contributed by atoms with Crippen LogP contribution in [0.3, 0.4) is 0 Å². The van der Waals surface area contributed by atoms with Crippen LogP contribution in [0.1, 0.15) is 36.0 Å². The normalized spacial score (nSPS) is 15.6. The van der Waals surface area contributed by atoms with Crippen molar-refractivity contribution < 1.29 is 83.3 Å².